The number of nitrogens with zero attached hydrogens (tertiary/aromatic N) is 2. The minimum atomic E-state index is -0.227. The van der Waals surface area contributed by atoms with Crippen LogP contribution in [0.5, 0.6) is 0 Å². The van der Waals surface area contributed by atoms with Crippen LogP contribution in [0.25, 0.3) is 11.3 Å². The van der Waals surface area contributed by atoms with Crippen molar-refractivity contribution in [3.63, 3.8) is 0 Å². The van der Waals surface area contributed by atoms with E-state index < -0.39 is 0 Å². The number of carbonyl (C=O) groups excluding carboxylic acids is 1. The van der Waals surface area contributed by atoms with E-state index in [0.717, 1.165) is 16.7 Å². The van der Waals surface area contributed by atoms with E-state index in [-0.39, 0.29) is 11.7 Å². The summed E-state index contributed by atoms with van der Waals surface area (Å²) in [5.74, 6) is 0.0309. The topological polar surface area (TPSA) is 127 Å². The van der Waals surface area contributed by atoms with Gasteiger partial charge in [0.15, 0.2) is 0 Å². The van der Waals surface area contributed by atoms with Crippen LogP contribution < -0.4 is 16.8 Å². The van der Waals surface area contributed by atoms with Crippen molar-refractivity contribution in [1.29, 1.82) is 5.26 Å². The second kappa shape index (κ2) is 10.3. The monoisotopic (exact) mass is 449 g/mol. The molecule has 4 rings (SSSR count). The summed E-state index contributed by atoms with van der Waals surface area (Å²) in [7, 11) is 0. The van der Waals surface area contributed by atoms with Gasteiger partial charge in [0.25, 0.3) is 5.91 Å². The molecule has 1 amide bonds. The molecule has 0 spiro atoms. The van der Waals surface area contributed by atoms with Gasteiger partial charge in [-0.2, -0.15) is 5.26 Å². The zero-order valence-electron chi connectivity index (χ0n) is 18.4. The summed E-state index contributed by atoms with van der Waals surface area (Å²) in [6.45, 7) is 0.892. The molecule has 168 valence electrons. The van der Waals surface area contributed by atoms with E-state index in [1.54, 1.807) is 42.5 Å². The van der Waals surface area contributed by atoms with Crippen molar-refractivity contribution in [3.8, 4) is 17.3 Å². The Morgan fingerprint density at radius 3 is 2.24 bits per heavy atom. The fourth-order valence-corrected chi connectivity index (χ4v) is 3.32. The van der Waals surface area contributed by atoms with Gasteiger partial charge < -0.3 is 21.5 Å². The van der Waals surface area contributed by atoms with Crippen molar-refractivity contribution in [3.05, 3.63) is 107 Å². The molecule has 0 radical (unpaired) electrons. The maximum absolute atomic E-state index is 12.8. The van der Waals surface area contributed by atoms with E-state index in [2.05, 4.69) is 16.4 Å². The molecule has 0 aliphatic rings. The van der Waals surface area contributed by atoms with Crippen LogP contribution >= 0.6 is 0 Å². The van der Waals surface area contributed by atoms with Gasteiger partial charge in [-0.3, -0.25) is 4.79 Å². The molecule has 4 aromatic rings. The first-order chi connectivity index (χ1) is 16.5. The van der Waals surface area contributed by atoms with E-state index in [1.165, 1.54) is 0 Å². The number of pyridine rings is 1. The SMILES string of the molecule is N#Cc1ccc(COCc2ccc(NC(=O)c3cccc(-c4ccc(N)c(N)n4)c3)cc2)cc1. The molecule has 0 saturated carbocycles. The van der Waals surface area contributed by atoms with Crippen LogP contribution in [0.2, 0.25) is 0 Å². The zero-order valence-corrected chi connectivity index (χ0v) is 18.4. The third-order valence-corrected chi connectivity index (χ3v) is 5.21. The summed E-state index contributed by atoms with van der Waals surface area (Å²) in [6.07, 6.45) is 0. The maximum atomic E-state index is 12.8. The van der Waals surface area contributed by atoms with Gasteiger partial charge in [0.05, 0.1) is 36.2 Å². The number of nitrogen functional groups attached to an aromatic ring is 2. The first kappa shape index (κ1) is 22.5. The lowest BCUT2D eigenvalue weighted by Crippen LogP contribution is -2.12. The van der Waals surface area contributed by atoms with Crippen LogP contribution in [0.1, 0.15) is 27.0 Å². The highest BCUT2D eigenvalue weighted by Crippen LogP contribution is 2.23. The molecule has 1 aromatic heterocycles. The van der Waals surface area contributed by atoms with Crippen LogP contribution in [0.4, 0.5) is 17.2 Å². The van der Waals surface area contributed by atoms with Gasteiger partial charge in [-0.1, -0.05) is 36.4 Å². The Morgan fingerprint density at radius 1 is 0.912 bits per heavy atom. The Bertz CT molecular complexity index is 1340. The molecule has 0 bridgehead atoms. The third-order valence-electron chi connectivity index (χ3n) is 5.21. The minimum Gasteiger partial charge on any atom is -0.396 e. The van der Waals surface area contributed by atoms with Crippen LogP contribution in [-0.4, -0.2) is 10.9 Å². The molecule has 0 aliphatic carbocycles. The quantitative estimate of drug-likeness (QED) is 0.373. The number of amides is 1. The first-order valence-electron chi connectivity index (χ1n) is 10.6. The molecule has 5 N–H and O–H groups in total. The van der Waals surface area contributed by atoms with Gasteiger partial charge in [-0.25, -0.2) is 4.98 Å². The Hall–Kier alpha value is -4.67. The van der Waals surface area contributed by atoms with Gasteiger partial charge in [-0.15, -0.1) is 0 Å². The van der Waals surface area contributed by atoms with E-state index in [0.29, 0.717) is 41.4 Å². The van der Waals surface area contributed by atoms with E-state index in [1.807, 2.05) is 42.5 Å². The molecule has 1 heterocycles. The summed E-state index contributed by atoms with van der Waals surface area (Å²) in [5.41, 5.74) is 17.2. The summed E-state index contributed by atoms with van der Waals surface area (Å²) in [4.78, 5) is 17.0. The minimum absolute atomic E-state index is 0.227. The highest BCUT2D eigenvalue weighted by molar-refractivity contribution is 6.04. The average molecular weight is 450 g/mol. The molecule has 0 aliphatic heterocycles. The Labute approximate surface area is 197 Å². The average Bonchev–Trinajstić information content (AvgIpc) is 2.87. The number of nitrogens with two attached hydrogens (primary N) is 2. The standard InChI is InChI=1S/C27H23N5O2/c28-15-18-4-6-19(7-5-18)16-34-17-20-8-10-23(11-9-20)31-27(33)22-3-1-2-21(14-22)25-13-12-24(29)26(30)32-25/h1-14H,16-17,29H2,(H2,30,32)(H,31,33). The number of hydrogen-bond acceptors (Lipinski definition) is 6. The number of carbonyl (C=O) groups is 1. The second-order valence-electron chi connectivity index (χ2n) is 7.70. The van der Waals surface area contributed by atoms with Gasteiger partial charge in [-0.05, 0) is 59.7 Å². The summed E-state index contributed by atoms with van der Waals surface area (Å²) < 4.78 is 5.75. The van der Waals surface area contributed by atoms with Crippen molar-refractivity contribution in [2.45, 2.75) is 13.2 Å². The van der Waals surface area contributed by atoms with Crippen molar-refractivity contribution in [2.75, 3.05) is 16.8 Å². The van der Waals surface area contributed by atoms with Gasteiger partial charge in [0, 0.05) is 16.8 Å². The molecule has 7 heteroatoms. The van der Waals surface area contributed by atoms with Crippen molar-refractivity contribution in [1.82, 2.24) is 4.98 Å². The van der Waals surface area contributed by atoms with Gasteiger partial charge in [0.2, 0.25) is 0 Å². The van der Waals surface area contributed by atoms with E-state index in [9.17, 15) is 4.79 Å². The molecular weight excluding hydrogens is 426 g/mol. The summed E-state index contributed by atoms with van der Waals surface area (Å²) in [5, 5.41) is 11.8. The lowest BCUT2D eigenvalue weighted by atomic mass is 10.1. The van der Waals surface area contributed by atoms with Crippen LogP contribution in [0, 0.1) is 11.3 Å². The van der Waals surface area contributed by atoms with E-state index >= 15 is 0 Å². The normalized spacial score (nSPS) is 10.4. The predicted molar refractivity (Wildman–Crippen MR) is 133 cm³/mol. The van der Waals surface area contributed by atoms with E-state index in [4.69, 9.17) is 21.5 Å². The fraction of sp³-hybridized carbons (Fsp3) is 0.0741. The molecule has 7 nitrogen and oxygen atoms in total. The lowest BCUT2D eigenvalue weighted by molar-refractivity contribution is 0.102. The molecule has 34 heavy (non-hydrogen) atoms. The smallest absolute Gasteiger partial charge is 0.255 e. The highest BCUT2D eigenvalue weighted by Gasteiger charge is 2.09. The number of aromatic nitrogens is 1. The zero-order chi connectivity index (χ0) is 23.9. The second-order valence-corrected chi connectivity index (χ2v) is 7.70. The molecule has 0 saturated heterocycles. The largest absolute Gasteiger partial charge is 0.396 e. The van der Waals surface area contributed by atoms with Crippen molar-refractivity contribution < 1.29 is 9.53 Å². The van der Waals surface area contributed by atoms with Crippen molar-refractivity contribution in [2.24, 2.45) is 0 Å². The Kier molecular flexibility index (Phi) is 6.82. The number of nitriles is 1. The van der Waals surface area contributed by atoms with Crippen LogP contribution in [-0.2, 0) is 18.0 Å². The number of ether oxygens (including phenoxy) is 1. The molecule has 0 atom stereocenters. The fourth-order valence-electron chi connectivity index (χ4n) is 3.32. The number of benzene rings is 3. The third kappa shape index (κ3) is 5.57. The Morgan fingerprint density at radius 2 is 1.59 bits per heavy atom. The summed E-state index contributed by atoms with van der Waals surface area (Å²) in [6, 6.07) is 27.5. The van der Waals surface area contributed by atoms with Crippen LogP contribution in [0.15, 0.2) is 84.9 Å². The maximum Gasteiger partial charge on any atom is 0.255 e. The predicted octanol–water partition coefficient (Wildman–Crippen LogP) is 4.75. The lowest BCUT2D eigenvalue weighted by Gasteiger charge is -2.09. The highest BCUT2D eigenvalue weighted by atomic mass is 16.5. The first-order valence-corrected chi connectivity index (χ1v) is 10.6. The number of anilines is 3. The number of rotatable bonds is 7. The van der Waals surface area contributed by atoms with Gasteiger partial charge in [0.1, 0.15) is 5.82 Å². The number of hydrogen-bond donors (Lipinski definition) is 3. The molecule has 0 unspecified atom stereocenters. The van der Waals surface area contributed by atoms with Crippen molar-refractivity contribution >= 4 is 23.1 Å². The van der Waals surface area contributed by atoms with Crippen LogP contribution in [0.3, 0.4) is 0 Å². The Balaban J connectivity index is 1.34. The van der Waals surface area contributed by atoms with Gasteiger partial charge >= 0.3 is 0 Å². The summed E-state index contributed by atoms with van der Waals surface area (Å²) >= 11 is 0. The molecule has 3 aromatic carbocycles. The molecule has 0 fully saturated rings. The molecular formula is C27H23N5O2. The number of nitrogens with one attached hydrogen (secondary N) is 1.